The average Bonchev–Trinajstić information content (AvgIpc) is 3.04. The molecule has 3 nitrogen and oxygen atoms in total. The molecule has 1 amide bonds. The van der Waals surface area contributed by atoms with Crippen molar-refractivity contribution in [1.82, 2.24) is 10.2 Å². The number of benzene rings is 1. The van der Waals surface area contributed by atoms with Gasteiger partial charge in [0, 0.05) is 24.7 Å². The van der Waals surface area contributed by atoms with Crippen LogP contribution in [0.5, 0.6) is 0 Å². The Morgan fingerprint density at radius 1 is 1.33 bits per heavy atom. The molecule has 2 rings (SSSR count). The van der Waals surface area contributed by atoms with Crippen LogP contribution in [0.1, 0.15) is 38.7 Å². The number of halogens is 1. The van der Waals surface area contributed by atoms with Crippen molar-refractivity contribution < 1.29 is 4.79 Å². The zero-order valence-electron chi connectivity index (χ0n) is 13.2. The minimum absolute atomic E-state index is 0.225. The lowest BCUT2D eigenvalue weighted by Gasteiger charge is -2.37. The quantitative estimate of drug-likeness (QED) is 0.906. The largest absolute Gasteiger partial charge is 0.341 e. The molecule has 1 aliphatic rings. The van der Waals surface area contributed by atoms with E-state index in [1.54, 1.807) is 0 Å². The maximum absolute atomic E-state index is 13.2. The Bertz CT molecular complexity index is 476. The van der Waals surface area contributed by atoms with E-state index >= 15 is 0 Å². The highest BCUT2D eigenvalue weighted by Crippen LogP contribution is 2.35. The molecule has 1 aromatic carbocycles. The van der Waals surface area contributed by atoms with Gasteiger partial charge in [0.2, 0.25) is 5.91 Å². The molecule has 1 heterocycles. The molecular formula is C17H25ClN2O. The number of hydrogen-bond acceptors (Lipinski definition) is 2. The highest BCUT2D eigenvalue weighted by atomic mass is 35.5. The van der Waals surface area contributed by atoms with Crippen molar-refractivity contribution >= 4 is 17.5 Å². The normalized spacial score (nSPS) is 18.8. The zero-order chi connectivity index (χ0) is 15.5. The van der Waals surface area contributed by atoms with Crippen molar-refractivity contribution in [2.24, 2.45) is 0 Å². The van der Waals surface area contributed by atoms with E-state index in [0.717, 1.165) is 37.9 Å². The molecule has 0 bridgehead atoms. The third kappa shape index (κ3) is 3.09. The molecule has 1 aromatic rings. The second-order valence-electron chi connectivity index (χ2n) is 5.86. The van der Waals surface area contributed by atoms with Gasteiger partial charge in [0.05, 0.1) is 5.41 Å². The molecule has 4 heteroatoms. The van der Waals surface area contributed by atoms with Crippen molar-refractivity contribution in [3.8, 4) is 0 Å². The van der Waals surface area contributed by atoms with Crippen molar-refractivity contribution in [2.75, 3.05) is 20.1 Å². The number of likely N-dealkylation sites (N-methyl/N-ethyl adjacent to an activating group) is 1. The Balaban J connectivity index is 2.31. The first-order valence-electron chi connectivity index (χ1n) is 7.79. The van der Waals surface area contributed by atoms with Gasteiger partial charge in [0.1, 0.15) is 0 Å². The Hall–Kier alpha value is -1.06. The van der Waals surface area contributed by atoms with Crippen LogP contribution in [0.15, 0.2) is 24.3 Å². The van der Waals surface area contributed by atoms with Crippen molar-refractivity contribution in [1.29, 1.82) is 0 Å². The van der Waals surface area contributed by atoms with Gasteiger partial charge in [-0.05, 0) is 43.5 Å². The molecule has 1 fully saturated rings. The van der Waals surface area contributed by atoms with Gasteiger partial charge in [-0.25, -0.2) is 0 Å². The zero-order valence-corrected chi connectivity index (χ0v) is 13.9. The summed E-state index contributed by atoms with van der Waals surface area (Å²) in [5.74, 6) is 0.225. The maximum Gasteiger partial charge on any atom is 0.233 e. The molecule has 21 heavy (non-hydrogen) atoms. The summed E-state index contributed by atoms with van der Waals surface area (Å²) in [4.78, 5) is 15.1. The van der Waals surface area contributed by atoms with Gasteiger partial charge in [0.25, 0.3) is 0 Å². The molecule has 0 spiro atoms. The van der Waals surface area contributed by atoms with Crippen LogP contribution in [0, 0.1) is 0 Å². The fourth-order valence-electron chi connectivity index (χ4n) is 3.33. The summed E-state index contributed by atoms with van der Waals surface area (Å²) in [6.07, 6.45) is 2.63. The number of nitrogens with zero attached hydrogens (tertiary/aromatic N) is 1. The smallest absolute Gasteiger partial charge is 0.233 e. The second-order valence-corrected chi connectivity index (χ2v) is 6.30. The van der Waals surface area contributed by atoms with Gasteiger partial charge in [-0.1, -0.05) is 37.6 Å². The van der Waals surface area contributed by atoms with Gasteiger partial charge in [-0.3, -0.25) is 4.79 Å². The average molecular weight is 309 g/mol. The first kappa shape index (κ1) is 16.3. The van der Waals surface area contributed by atoms with Crippen LogP contribution in [0.3, 0.4) is 0 Å². The molecule has 1 aliphatic heterocycles. The van der Waals surface area contributed by atoms with Gasteiger partial charge >= 0.3 is 0 Å². The monoisotopic (exact) mass is 308 g/mol. The topological polar surface area (TPSA) is 32.3 Å². The Morgan fingerprint density at radius 2 is 1.95 bits per heavy atom. The predicted octanol–water partition coefficient (Wildman–Crippen LogP) is 3.22. The van der Waals surface area contributed by atoms with E-state index in [1.165, 1.54) is 0 Å². The third-order valence-corrected chi connectivity index (χ3v) is 5.17. The summed E-state index contributed by atoms with van der Waals surface area (Å²) in [7, 11) is 1.94. The van der Waals surface area contributed by atoms with Gasteiger partial charge in [0.15, 0.2) is 0 Å². The number of hydrogen-bond donors (Lipinski definition) is 1. The molecule has 1 unspecified atom stereocenters. The first-order valence-corrected chi connectivity index (χ1v) is 8.17. The highest BCUT2D eigenvalue weighted by Gasteiger charge is 2.40. The van der Waals surface area contributed by atoms with E-state index in [9.17, 15) is 4.79 Å². The predicted molar refractivity (Wildman–Crippen MR) is 87.8 cm³/mol. The fourth-order valence-corrected chi connectivity index (χ4v) is 3.45. The van der Waals surface area contributed by atoms with E-state index in [-0.39, 0.29) is 5.91 Å². The lowest BCUT2D eigenvalue weighted by Crippen LogP contribution is -2.49. The SMILES string of the molecule is CCC(CC)(C(=O)N(C)C1CCNC1)c1ccc(Cl)cc1. The molecule has 116 valence electrons. The number of rotatable bonds is 5. The summed E-state index contributed by atoms with van der Waals surface area (Å²) in [5.41, 5.74) is 0.627. The summed E-state index contributed by atoms with van der Waals surface area (Å²) >= 11 is 5.99. The minimum Gasteiger partial charge on any atom is -0.341 e. The molecule has 0 saturated carbocycles. The lowest BCUT2D eigenvalue weighted by molar-refractivity contribution is -0.138. The molecule has 0 aromatic heterocycles. The van der Waals surface area contributed by atoms with Gasteiger partial charge < -0.3 is 10.2 Å². The van der Waals surface area contributed by atoms with Gasteiger partial charge in [-0.15, -0.1) is 0 Å². The number of nitrogens with one attached hydrogen (secondary N) is 1. The minimum atomic E-state index is -0.443. The number of amides is 1. The van der Waals surface area contributed by atoms with Crippen molar-refractivity contribution in [3.05, 3.63) is 34.9 Å². The van der Waals surface area contributed by atoms with Crippen LogP contribution in [0.2, 0.25) is 5.02 Å². The maximum atomic E-state index is 13.2. The van der Waals surface area contributed by atoms with Crippen LogP contribution in [0.25, 0.3) is 0 Å². The Morgan fingerprint density at radius 3 is 2.43 bits per heavy atom. The van der Waals surface area contributed by atoms with Crippen LogP contribution in [-0.2, 0) is 10.2 Å². The van der Waals surface area contributed by atoms with Crippen LogP contribution < -0.4 is 5.32 Å². The number of carbonyl (C=O) groups excluding carboxylic acids is 1. The Labute approximate surface area is 132 Å². The van der Waals surface area contributed by atoms with E-state index in [0.29, 0.717) is 11.1 Å². The third-order valence-electron chi connectivity index (χ3n) is 4.92. The fraction of sp³-hybridized carbons (Fsp3) is 0.588. The van der Waals surface area contributed by atoms with E-state index in [1.807, 2.05) is 36.2 Å². The van der Waals surface area contributed by atoms with Crippen molar-refractivity contribution in [3.63, 3.8) is 0 Å². The van der Waals surface area contributed by atoms with Crippen LogP contribution in [0.4, 0.5) is 0 Å². The van der Waals surface area contributed by atoms with Gasteiger partial charge in [-0.2, -0.15) is 0 Å². The second kappa shape index (κ2) is 6.80. The molecule has 1 atom stereocenters. The van der Waals surface area contributed by atoms with Crippen molar-refractivity contribution in [2.45, 2.75) is 44.6 Å². The number of carbonyl (C=O) groups is 1. The summed E-state index contributed by atoms with van der Waals surface area (Å²) in [5, 5.41) is 4.04. The molecule has 0 aliphatic carbocycles. The molecule has 1 N–H and O–H groups in total. The molecular weight excluding hydrogens is 284 g/mol. The molecule has 0 radical (unpaired) electrons. The van der Waals surface area contributed by atoms with E-state index < -0.39 is 5.41 Å². The summed E-state index contributed by atoms with van der Waals surface area (Å²) < 4.78 is 0. The summed E-state index contributed by atoms with van der Waals surface area (Å²) in [6, 6.07) is 8.05. The van der Waals surface area contributed by atoms with Crippen LogP contribution in [-0.4, -0.2) is 37.0 Å². The molecule has 1 saturated heterocycles. The standard InChI is InChI=1S/C17H25ClN2O/c1-4-17(5-2,13-6-8-14(18)9-7-13)16(21)20(3)15-10-11-19-12-15/h6-9,15,19H,4-5,10-12H2,1-3H3. The van der Waals surface area contributed by atoms with E-state index in [2.05, 4.69) is 19.2 Å². The summed E-state index contributed by atoms with van der Waals surface area (Å²) in [6.45, 7) is 6.08. The van der Waals surface area contributed by atoms with Crippen LogP contribution >= 0.6 is 11.6 Å². The first-order chi connectivity index (χ1) is 10.0. The lowest BCUT2D eigenvalue weighted by atomic mass is 9.74. The highest BCUT2D eigenvalue weighted by molar-refractivity contribution is 6.30. The van der Waals surface area contributed by atoms with E-state index in [4.69, 9.17) is 11.6 Å². The Kier molecular flexibility index (Phi) is 5.28.